The van der Waals surface area contributed by atoms with Crippen molar-refractivity contribution in [1.29, 1.82) is 0 Å². The fourth-order valence-electron chi connectivity index (χ4n) is 2.07. The number of sulfonamides is 1. The Bertz CT molecular complexity index is 887. The first-order valence-electron chi connectivity index (χ1n) is 7.07. The lowest BCUT2D eigenvalue weighted by atomic mass is 10.3. The number of hydrogen-bond acceptors (Lipinski definition) is 4. The summed E-state index contributed by atoms with van der Waals surface area (Å²) in [6.07, 6.45) is 1.03. The summed E-state index contributed by atoms with van der Waals surface area (Å²) >= 11 is 11.7. The van der Waals surface area contributed by atoms with E-state index in [0.717, 1.165) is 10.6 Å². The van der Waals surface area contributed by atoms with Crippen LogP contribution in [0, 0.1) is 0 Å². The van der Waals surface area contributed by atoms with Gasteiger partial charge in [-0.25, -0.2) is 8.42 Å². The van der Waals surface area contributed by atoms with E-state index in [-0.39, 0.29) is 5.02 Å². The molecule has 0 fully saturated rings. The number of anilines is 2. The Balaban J connectivity index is 2.22. The first-order valence-corrected chi connectivity index (χ1v) is 9.68. The normalized spacial score (nSPS) is 11.0. The zero-order valence-corrected chi connectivity index (χ0v) is 15.8. The summed E-state index contributed by atoms with van der Waals surface area (Å²) in [5, 5.41) is 3.23. The summed E-state index contributed by atoms with van der Waals surface area (Å²) in [5.74, 6) is -0.0392. The fourth-order valence-corrected chi connectivity index (χ4v) is 3.22. The molecule has 25 heavy (non-hydrogen) atoms. The third kappa shape index (κ3) is 5.26. The highest BCUT2D eigenvalue weighted by molar-refractivity contribution is 7.92. The molecule has 9 heteroatoms. The average molecular weight is 403 g/mol. The molecule has 2 rings (SSSR count). The van der Waals surface area contributed by atoms with E-state index < -0.39 is 22.5 Å². The number of methoxy groups -OCH3 is 1. The van der Waals surface area contributed by atoms with Crippen LogP contribution in [0.25, 0.3) is 0 Å². The Morgan fingerprint density at radius 1 is 1.16 bits per heavy atom. The highest BCUT2D eigenvalue weighted by atomic mass is 35.5. The standard InChI is InChI=1S/C16H16Cl2N2O4S/c1-24-13-5-3-4-12(9-13)20(25(2,22)23)10-16(21)19-11-6-7-14(17)15(18)8-11/h3-9H,10H2,1-2H3,(H,19,21). The van der Waals surface area contributed by atoms with E-state index >= 15 is 0 Å². The second-order valence-electron chi connectivity index (χ2n) is 5.15. The number of benzene rings is 2. The van der Waals surface area contributed by atoms with Gasteiger partial charge in [-0.05, 0) is 30.3 Å². The third-order valence-electron chi connectivity index (χ3n) is 3.23. The maximum Gasteiger partial charge on any atom is 0.245 e. The summed E-state index contributed by atoms with van der Waals surface area (Å²) < 4.78 is 30.3. The smallest absolute Gasteiger partial charge is 0.245 e. The van der Waals surface area contributed by atoms with Crippen LogP contribution >= 0.6 is 23.2 Å². The molecule has 0 aromatic heterocycles. The summed E-state index contributed by atoms with van der Waals surface area (Å²) in [6.45, 7) is -0.397. The summed E-state index contributed by atoms with van der Waals surface area (Å²) in [7, 11) is -2.20. The van der Waals surface area contributed by atoms with Gasteiger partial charge in [-0.15, -0.1) is 0 Å². The van der Waals surface area contributed by atoms with Gasteiger partial charge in [0.1, 0.15) is 12.3 Å². The van der Waals surface area contributed by atoms with Crippen molar-refractivity contribution in [1.82, 2.24) is 0 Å². The van der Waals surface area contributed by atoms with Crippen molar-refractivity contribution in [2.45, 2.75) is 0 Å². The van der Waals surface area contributed by atoms with Crippen molar-refractivity contribution in [3.8, 4) is 5.75 Å². The first-order chi connectivity index (χ1) is 11.7. The maximum atomic E-state index is 12.3. The van der Waals surface area contributed by atoms with Crippen LogP contribution in [0.5, 0.6) is 5.75 Å². The van der Waals surface area contributed by atoms with Crippen LogP contribution in [-0.2, 0) is 14.8 Å². The van der Waals surface area contributed by atoms with Crippen LogP contribution in [0.15, 0.2) is 42.5 Å². The molecule has 1 amide bonds. The van der Waals surface area contributed by atoms with Crippen molar-refractivity contribution >= 4 is 50.5 Å². The van der Waals surface area contributed by atoms with E-state index in [9.17, 15) is 13.2 Å². The summed E-state index contributed by atoms with van der Waals surface area (Å²) in [6, 6.07) is 11.0. The molecule has 2 aromatic carbocycles. The summed E-state index contributed by atoms with van der Waals surface area (Å²) in [5.41, 5.74) is 0.740. The van der Waals surface area contributed by atoms with Gasteiger partial charge in [-0.2, -0.15) is 0 Å². The Morgan fingerprint density at radius 2 is 1.88 bits per heavy atom. The molecule has 0 atom stereocenters. The van der Waals surface area contributed by atoms with Crippen LogP contribution in [0.3, 0.4) is 0 Å². The number of halogens is 2. The van der Waals surface area contributed by atoms with Gasteiger partial charge < -0.3 is 10.1 Å². The van der Waals surface area contributed by atoms with Gasteiger partial charge in [-0.1, -0.05) is 29.3 Å². The van der Waals surface area contributed by atoms with Crippen LogP contribution in [0.1, 0.15) is 0 Å². The first kappa shape index (κ1) is 19.4. The lowest BCUT2D eigenvalue weighted by Crippen LogP contribution is -2.37. The molecule has 2 aromatic rings. The quantitative estimate of drug-likeness (QED) is 0.802. The van der Waals surface area contributed by atoms with Gasteiger partial charge in [0.05, 0.1) is 29.1 Å². The topological polar surface area (TPSA) is 75.7 Å². The fraction of sp³-hybridized carbons (Fsp3) is 0.188. The lowest BCUT2D eigenvalue weighted by Gasteiger charge is -2.22. The number of ether oxygens (including phenoxy) is 1. The molecule has 0 spiro atoms. The van der Waals surface area contributed by atoms with Gasteiger partial charge in [0.2, 0.25) is 15.9 Å². The molecular weight excluding hydrogens is 387 g/mol. The number of carbonyl (C=O) groups is 1. The minimum atomic E-state index is -3.68. The van der Waals surface area contributed by atoms with Crippen molar-refractivity contribution in [3.63, 3.8) is 0 Å². The molecule has 0 saturated heterocycles. The molecule has 0 bridgehead atoms. The van der Waals surface area contributed by atoms with Crippen LogP contribution < -0.4 is 14.4 Å². The minimum absolute atomic E-state index is 0.284. The molecule has 6 nitrogen and oxygen atoms in total. The number of amides is 1. The molecule has 1 N–H and O–H groups in total. The van der Waals surface area contributed by atoms with E-state index in [4.69, 9.17) is 27.9 Å². The number of nitrogens with one attached hydrogen (secondary N) is 1. The van der Waals surface area contributed by atoms with E-state index in [2.05, 4.69) is 5.32 Å². The van der Waals surface area contributed by atoms with Crippen molar-refractivity contribution < 1.29 is 17.9 Å². The third-order valence-corrected chi connectivity index (χ3v) is 5.11. The highest BCUT2D eigenvalue weighted by Gasteiger charge is 2.21. The molecule has 0 unspecified atom stereocenters. The number of carbonyl (C=O) groups excluding carboxylic acids is 1. The molecular formula is C16H16Cl2N2O4S. The molecule has 0 aliphatic rings. The Labute approximate surface area is 156 Å². The molecule has 0 aliphatic carbocycles. The zero-order valence-electron chi connectivity index (χ0n) is 13.5. The zero-order chi connectivity index (χ0) is 18.6. The van der Waals surface area contributed by atoms with Gasteiger partial charge >= 0.3 is 0 Å². The second kappa shape index (κ2) is 7.95. The van der Waals surface area contributed by atoms with Gasteiger partial charge in [0.25, 0.3) is 0 Å². The predicted octanol–water partition coefficient (Wildman–Crippen LogP) is 3.41. The Morgan fingerprint density at radius 3 is 2.48 bits per heavy atom. The van der Waals surface area contributed by atoms with Gasteiger partial charge in [0, 0.05) is 11.8 Å². The number of rotatable bonds is 6. The largest absolute Gasteiger partial charge is 0.497 e. The van der Waals surface area contributed by atoms with E-state index in [1.54, 1.807) is 24.3 Å². The van der Waals surface area contributed by atoms with Crippen LogP contribution in [0.4, 0.5) is 11.4 Å². The van der Waals surface area contributed by atoms with Crippen LogP contribution in [0.2, 0.25) is 10.0 Å². The van der Waals surface area contributed by atoms with E-state index in [1.807, 2.05) is 0 Å². The second-order valence-corrected chi connectivity index (χ2v) is 7.87. The Kier molecular flexibility index (Phi) is 6.16. The molecule has 0 aliphatic heterocycles. The minimum Gasteiger partial charge on any atom is -0.497 e. The highest BCUT2D eigenvalue weighted by Crippen LogP contribution is 2.26. The van der Waals surface area contributed by atoms with Gasteiger partial charge in [0.15, 0.2) is 0 Å². The Hall–Kier alpha value is -1.96. The van der Waals surface area contributed by atoms with Crippen molar-refractivity contribution in [2.24, 2.45) is 0 Å². The number of hydrogen-bond donors (Lipinski definition) is 1. The molecule has 134 valence electrons. The van der Waals surface area contributed by atoms with E-state index in [0.29, 0.717) is 22.1 Å². The maximum absolute atomic E-state index is 12.3. The number of nitrogens with zero attached hydrogens (tertiary/aromatic N) is 1. The molecule has 0 saturated carbocycles. The SMILES string of the molecule is COc1cccc(N(CC(=O)Nc2ccc(Cl)c(Cl)c2)S(C)(=O)=O)c1. The van der Waals surface area contributed by atoms with Gasteiger partial charge in [-0.3, -0.25) is 9.10 Å². The molecule has 0 heterocycles. The molecule has 0 radical (unpaired) electrons. The summed E-state index contributed by atoms with van der Waals surface area (Å²) in [4.78, 5) is 12.3. The van der Waals surface area contributed by atoms with Crippen LogP contribution in [-0.4, -0.2) is 34.2 Å². The average Bonchev–Trinajstić information content (AvgIpc) is 2.55. The monoisotopic (exact) mass is 402 g/mol. The lowest BCUT2D eigenvalue weighted by molar-refractivity contribution is -0.114. The van der Waals surface area contributed by atoms with Crippen molar-refractivity contribution in [3.05, 3.63) is 52.5 Å². The van der Waals surface area contributed by atoms with E-state index in [1.165, 1.54) is 25.3 Å². The van der Waals surface area contributed by atoms with Crippen molar-refractivity contribution in [2.75, 3.05) is 29.5 Å². The predicted molar refractivity (Wildman–Crippen MR) is 100 cm³/mol.